The van der Waals surface area contributed by atoms with Gasteiger partial charge in [-0.3, -0.25) is 9.59 Å². The Kier molecular flexibility index (Phi) is 4.36. The molecule has 0 radical (unpaired) electrons. The lowest BCUT2D eigenvalue weighted by Gasteiger charge is -2.56. The number of carbonyl (C=O) groups excluding carboxylic acids is 2. The Morgan fingerprint density at radius 2 is 1.62 bits per heavy atom. The van der Waals surface area contributed by atoms with Crippen LogP contribution in [0.3, 0.4) is 0 Å². The quantitative estimate of drug-likeness (QED) is 0.487. The summed E-state index contributed by atoms with van der Waals surface area (Å²) in [5, 5.41) is 0. The van der Waals surface area contributed by atoms with Crippen molar-refractivity contribution in [3.05, 3.63) is 35.4 Å². The van der Waals surface area contributed by atoms with Crippen molar-refractivity contribution in [2.75, 3.05) is 0 Å². The van der Waals surface area contributed by atoms with E-state index in [2.05, 4.69) is 0 Å². The maximum Gasteiger partial charge on any atom is 0.443 e. The normalized spacial score (nSPS) is 38.0. The van der Waals surface area contributed by atoms with Gasteiger partial charge >= 0.3 is 11.5 Å². The summed E-state index contributed by atoms with van der Waals surface area (Å²) in [7, 11) is 0. The van der Waals surface area contributed by atoms with E-state index in [0.717, 1.165) is 38.5 Å². The van der Waals surface area contributed by atoms with Gasteiger partial charge in [0.2, 0.25) is 0 Å². The zero-order valence-corrected chi connectivity index (χ0v) is 16.8. The molecule has 6 rings (SSSR count). The summed E-state index contributed by atoms with van der Waals surface area (Å²) in [4.78, 5) is 26.6. The molecule has 0 aliphatic heterocycles. The van der Waals surface area contributed by atoms with Gasteiger partial charge in [-0.05, 0) is 86.4 Å². The second-order valence-corrected chi connectivity index (χ2v) is 10.7. The second-order valence-electron chi connectivity index (χ2n) is 9.35. The number of hydrogen-bond donors (Lipinski definition) is 0. The third-order valence-corrected chi connectivity index (χ3v) is 8.42. The van der Waals surface area contributed by atoms with Crippen LogP contribution in [0.2, 0.25) is 0 Å². The van der Waals surface area contributed by atoms with Crippen LogP contribution in [0.1, 0.15) is 60.9 Å². The molecule has 1 atom stereocenters. The highest BCUT2D eigenvalue weighted by Crippen LogP contribution is 2.58. The minimum absolute atomic E-state index is 0.182. The molecule has 1 aromatic carbocycles. The Hall–Kier alpha value is -1.50. The maximum atomic E-state index is 13.5. The summed E-state index contributed by atoms with van der Waals surface area (Å²) >= 11 is -0.491. The molecular formula is C22H23F3O3S. The van der Waals surface area contributed by atoms with Crippen LogP contribution in [-0.2, 0) is 16.0 Å². The number of thioether (sulfide) groups is 1. The molecule has 4 bridgehead atoms. The van der Waals surface area contributed by atoms with Crippen molar-refractivity contribution in [2.24, 2.45) is 17.8 Å². The van der Waals surface area contributed by atoms with Gasteiger partial charge < -0.3 is 4.74 Å². The van der Waals surface area contributed by atoms with Crippen LogP contribution in [0.25, 0.3) is 0 Å². The molecular weight excluding hydrogens is 401 g/mol. The van der Waals surface area contributed by atoms with Crippen LogP contribution >= 0.6 is 11.8 Å². The number of hydrogen-bond acceptors (Lipinski definition) is 4. The van der Waals surface area contributed by atoms with Crippen molar-refractivity contribution < 1.29 is 27.5 Å². The molecule has 0 aromatic heterocycles. The smallest absolute Gasteiger partial charge is 0.443 e. The van der Waals surface area contributed by atoms with Crippen molar-refractivity contribution in [1.82, 2.24) is 0 Å². The molecule has 5 aliphatic rings. The number of alkyl halides is 3. The standard InChI is InChI=1S/C22H23F3O3S/c23-22(24,25)29-21(6-5-16-3-1-2-4-17(16)18(21)26)19(27)28-20-10-13-7-14(11-20)9-15(8-13)12-20/h1-4,13-15H,5-12H2/t13?,14?,15?,20?,21-/m1/s1. The van der Waals surface area contributed by atoms with Crippen LogP contribution in [-0.4, -0.2) is 27.6 Å². The highest BCUT2D eigenvalue weighted by atomic mass is 32.2. The number of fused-ring (bicyclic) bond motifs is 1. The van der Waals surface area contributed by atoms with Gasteiger partial charge in [0.05, 0.1) is 0 Å². The summed E-state index contributed by atoms with van der Waals surface area (Å²) < 4.78 is 44.2. The van der Waals surface area contributed by atoms with Gasteiger partial charge in [-0.25, -0.2) is 0 Å². The molecule has 29 heavy (non-hydrogen) atoms. The fourth-order valence-corrected chi connectivity index (χ4v) is 7.50. The predicted octanol–water partition coefficient (Wildman–Crippen LogP) is 5.32. The molecule has 4 saturated carbocycles. The van der Waals surface area contributed by atoms with Crippen LogP contribution in [0, 0.1) is 17.8 Å². The third kappa shape index (κ3) is 3.29. The van der Waals surface area contributed by atoms with Crippen molar-refractivity contribution in [3.63, 3.8) is 0 Å². The Morgan fingerprint density at radius 1 is 1.03 bits per heavy atom. The third-order valence-electron chi connectivity index (χ3n) is 7.29. The molecule has 0 saturated heterocycles. The first kappa shape index (κ1) is 19.5. The number of ketones is 1. The zero-order valence-electron chi connectivity index (χ0n) is 16.0. The van der Waals surface area contributed by atoms with Crippen molar-refractivity contribution >= 4 is 23.5 Å². The molecule has 5 aliphatic carbocycles. The lowest BCUT2D eigenvalue weighted by Crippen LogP contribution is -2.57. The van der Waals surface area contributed by atoms with Crippen molar-refractivity contribution in [3.8, 4) is 0 Å². The lowest BCUT2D eigenvalue weighted by atomic mass is 9.54. The monoisotopic (exact) mass is 424 g/mol. The van der Waals surface area contributed by atoms with Crippen LogP contribution in [0.4, 0.5) is 13.2 Å². The summed E-state index contributed by atoms with van der Waals surface area (Å²) in [6.07, 6.45) is 5.63. The molecule has 0 heterocycles. The largest absolute Gasteiger partial charge is 0.458 e. The average Bonchev–Trinajstić information content (AvgIpc) is 2.62. The van der Waals surface area contributed by atoms with Gasteiger partial charge in [-0.15, -0.1) is 0 Å². The number of carbonyl (C=O) groups is 2. The van der Waals surface area contributed by atoms with Gasteiger partial charge in [-0.1, -0.05) is 24.3 Å². The Bertz CT molecular complexity index is 830. The van der Waals surface area contributed by atoms with Gasteiger partial charge in [-0.2, -0.15) is 13.2 Å². The number of rotatable bonds is 3. The van der Waals surface area contributed by atoms with Gasteiger partial charge in [0.15, 0.2) is 10.5 Å². The van der Waals surface area contributed by atoms with Gasteiger partial charge in [0.25, 0.3) is 0 Å². The summed E-state index contributed by atoms with van der Waals surface area (Å²) in [6, 6.07) is 6.62. The topological polar surface area (TPSA) is 43.4 Å². The fraction of sp³-hybridized carbons (Fsp3) is 0.636. The number of esters is 1. The van der Waals surface area contributed by atoms with E-state index in [9.17, 15) is 22.8 Å². The highest BCUT2D eigenvalue weighted by Gasteiger charge is 2.60. The van der Waals surface area contributed by atoms with Gasteiger partial charge in [0.1, 0.15) is 5.60 Å². The average molecular weight is 424 g/mol. The van der Waals surface area contributed by atoms with E-state index >= 15 is 0 Å². The number of Topliss-reactive ketones (excluding diaryl/α,β-unsaturated/α-hetero) is 1. The molecule has 156 valence electrons. The minimum atomic E-state index is -4.71. The molecule has 0 amide bonds. The molecule has 3 nitrogen and oxygen atoms in total. The molecule has 0 spiro atoms. The molecule has 4 fully saturated rings. The second kappa shape index (κ2) is 6.50. The van der Waals surface area contributed by atoms with E-state index in [4.69, 9.17) is 4.74 Å². The number of benzene rings is 1. The van der Waals surface area contributed by atoms with E-state index in [0.29, 0.717) is 23.3 Å². The lowest BCUT2D eigenvalue weighted by molar-refractivity contribution is -0.188. The van der Waals surface area contributed by atoms with Crippen molar-refractivity contribution in [1.29, 1.82) is 0 Å². The van der Waals surface area contributed by atoms with Crippen molar-refractivity contribution in [2.45, 2.75) is 67.2 Å². The Balaban J connectivity index is 1.48. The molecule has 1 aromatic rings. The Morgan fingerprint density at radius 3 is 2.21 bits per heavy atom. The van der Waals surface area contributed by atoms with E-state index in [1.54, 1.807) is 18.2 Å². The van der Waals surface area contributed by atoms with E-state index in [1.807, 2.05) is 0 Å². The first-order chi connectivity index (χ1) is 13.7. The molecule has 0 N–H and O–H groups in total. The SMILES string of the molecule is O=C(OC12CC3CC(CC(C3)C1)C2)[C@@]1(SC(F)(F)F)CCc2ccccc2C1=O. The van der Waals surface area contributed by atoms with Crippen LogP contribution < -0.4 is 0 Å². The highest BCUT2D eigenvalue weighted by molar-refractivity contribution is 8.03. The zero-order chi connectivity index (χ0) is 20.4. The summed E-state index contributed by atoms with van der Waals surface area (Å²) in [5.74, 6) is -0.285. The number of aryl methyl sites for hydroxylation is 1. The predicted molar refractivity (Wildman–Crippen MR) is 102 cm³/mol. The van der Waals surface area contributed by atoms with Crippen LogP contribution in [0.15, 0.2) is 24.3 Å². The number of halogens is 3. The molecule has 7 heteroatoms. The van der Waals surface area contributed by atoms with Gasteiger partial charge in [0, 0.05) is 5.56 Å². The maximum absolute atomic E-state index is 13.5. The minimum Gasteiger partial charge on any atom is -0.458 e. The molecule has 0 unspecified atom stereocenters. The van der Waals surface area contributed by atoms with E-state index in [1.165, 1.54) is 6.07 Å². The number of ether oxygens (including phenoxy) is 1. The summed E-state index contributed by atoms with van der Waals surface area (Å²) in [6.45, 7) is 0. The first-order valence-corrected chi connectivity index (χ1v) is 11.1. The fourth-order valence-electron chi connectivity index (χ4n) is 6.57. The Labute approximate surface area is 171 Å². The summed E-state index contributed by atoms with van der Waals surface area (Å²) in [5.41, 5.74) is -4.48. The van der Waals surface area contributed by atoms with Crippen LogP contribution in [0.5, 0.6) is 0 Å². The van der Waals surface area contributed by atoms with E-state index in [-0.39, 0.29) is 18.4 Å². The first-order valence-electron chi connectivity index (χ1n) is 10.3. The van der Waals surface area contributed by atoms with E-state index < -0.39 is 39.4 Å².